The Kier molecular flexibility index (Phi) is 5.39. The van der Waals surface area contributed by atoms with Gasteiger partial charge >= 0.3 is 0 Å². The molecule has 3 rings (SSSR count). The van der Waals surface area contributed by atoms with Gasteiger partial charge in [0.25, 0.3) is 0 Å². The Bertz CT molecular complexity index is 745. The molecule has 0 saturated carbocycles. The molecule has 1 aliphatic heterocycles. The van der Waals surface area contributed by atoms with Crippen molar-refractivity contribution < 1.29 is 13.2 Å². The molecule has 0 unspecified atom stereocenters. The molecule has 1 aromatic heterocycles. The Morgan fingerprint density at radius 1 is 1.17 bits per heavy atom. The summed E-state index contributed by atoms with van der Waals surface area (Å²) in [5.41, 5.74) is 0.945. The standard InChI is InChI=1S/C16H20N4O3S/c21-24(22,20-12-14-3-1-10-23-14)15-6-4-13(5-7-15)11-19-16-17-8-2-9-18-16/h2,4-9,14,20H,1,3,10-12H2,(H,17,18,19)/t14-/m1/s1. The van der Waals surface area contributed by atoms with Crippen molar-refractivity contribution in [1.29, 1.82) is 0 Å². The van der Waals surface area contributed by atoms with Gasteiger partial charge in [-0.05, 0) is 36.6 Å². The minimum Gasteiger partial charge on any atom is -0.377 e. The van der Waals surface area contributed by atoms with Crippen LogP contribution in [-0.4, -0.2) is 37.6 Å². The van der Waals surface area contributed by atoms with Crippen molar-refractivity contribution in [2.24, 2.45) is 0 Å². The van der Waals surface area contributed by atoms with Gasteiger partial charge in [-0.2, -0.15) is 0 Å². The Balaban J connectivity index is 1.56. The fraction of sp³-hybridized carbons (Fsp3) is 0.375. The molecule has 0 aliphatic carbocycles. The predicted molar refractivity (Wildman–Crippen MR) is 90.0 cm³/mol. The number of nitrogens with zero attached hydrogens (tertiary/aromatic N) is 2. The van der Waals surface area contributed by atoms with Gasteiger partial charge in [-0.25, -0.2) is 23.1 Å². The number of benzene rings is 1. The van der Waals surface area contributed by atoms with Crippen LogP contribution in [0.4, 0.5) is 5.95 Å². The lowest BCUT2D eigenvalue weighted by molar-refractivity contribution is 0.114. The van der Waals surface area contributed by atoms with Crippen LogP contribution in [0.2, 0.25) is 0 Å². The van der Waals surface area contributed by atoms with Gasteiger partial charge < -0.3 is 10.1 Å². The van der Waals surface area contributed by atoms with E-state index in [9.17, 15) is 8.42 Å². The van der Waals surface area contributed by atoms with E-state index in [2.05, 4.69) is 20.0 Å². The molecule has 2 aromatic rings. The number of aromatic nitrogens is 2. The van der Waals surface area contributed by atoms with E-state index in [1.54, 1.807) is 42.7 Å². The molecule has 1 aromatic carbocycles. The van der Waals surface area contributed by atoms with Crippen LogP contribution in [0.15, 0.2) is 47.6 Å². The van der Waals surface area contributed by atoms with E-state index >= 15 is 0 Å². The third kappa shape index (κ3) is 4.50. The van der Waals surface area contributed by atoms with Crippen LogP contribution in [0.3, 0.4) is 0 Å². The quantitative estimate of drug-likeness (QED) is 0.788. The number of anilines is 1. The molecular formula is C16H20N4O3S. The largest absolute Gasteiger partial charge is 0.377 e. The molecule has 0 spiro atoms. The van der Waals surface area contributed by atoms with Crippen molar-refractivity contribution in [3.63, 3.8) is 0 Å². The van der Waals surface area contributed by atoms with Crippen LogP contribution < -0.4 is 10.0 Å². The second-order valence-electron chi connectivity index (χ2n) is 5.56. The van der Waals surface area contributed by atoms with Gasteiger partial charge in [-0.15, -0.1) is 0 Å². The minimum atomic E-state index is -3.51. The first-order chi connectivity index (χ1) is 11.6. The van der Waals surface area contributed by atoms with Gasteiger partial charge in [0.1, 0.15) is 0 Å². The van der Waals surface area contributed by atoms with Crippen molar-refractivity contribution in [3.05, 3.63) is 48.3 Å². The zero-order chi connectivity index (χ0) is 16.8. The summed E-state index contributed by atoms with van der Waals surface area (Å²) in [5.74, 6) is 0.535. The maximum absolute atomic E-state index is 12.3. The second-order valence-corrected chi connectivity index (χ2v) is 7.32. The van der Waals surface area contributed by atoms with Crippen LogP contribution in [0.1, 0.15) is 18.4 Å². The van der Waals surface area contributed by atoms with Crippen molar-refractivity contribution in [1.82, 2.24) is 14.7 Å². The minimum absolute atomic E-state index is 0.0193. The summed E-state index contributed by atoms with van der Waals surface area (Å²) in [7, 11) is -3.51. The predicted octanol–water partition coefficient (Wildman–Crippen LogP) is 1.55. The summed E-state index contributed by atoms with van der Waals surface area (Å²) in [6.45, 7) is 1.55. The molecule has 0 bridgehead atoms. The summed E-state index contributed by atoms with van der Waals surface area (Å²) in [6.07, 6.45) is 5.18. The highest BCUT2D eigenvalue weighted by Gasteiger charge is 2.20. The monoisotopic (exact) mass is 348 g/mol. The molecule has 2 N–H and O–H groups in total. The topological polar surface area (TPSA) is 93.2 Å². The van der Waals surface area contributed by atoms with Crippen LogP contribution in [0, 0.1) is 0 Å². The first-order valence-corrected chi connectivity index (χ1v) is 9.33. The maximum Gasteiger partial charge on any atom is 0.240 e. The Labute approximate surface area is 141 Å². The summed E-state index contributed by atoms with van der Waals surface area (Å²) in [4.78, 5) is 8.40. The zero-order valence-corrected chi connectivity index (χ0v) is 14.0. The van der Waals surface area contributed by atoms with Gasteiger partial charge in [0.2, 0.25) is 16.0 Å². The molecule has 1 aliphatic rings. The summed E-state index contributed by atoms with van der Waals surface area (Å²) in [6, 6.07) is 8.49. The molecule has 7 nitrogen and oxygen atoms in total. The van der Waals surface area contributed by atoms with Crippen LogP contribution in [0.5, 0.6) is 0 Å². The van der Waals surface area contributed by atoms with Crippen LogP contribution in [0.25, 0.3) is 0 Å². The average molecular weight is 348 g/mol. The van der Waals surface area contributed by atoms with E-state index in [4.69, 9.17) is 4.74 Å². The maximum atomic E-state index is 12.3. The Hall–Kier alpha value is -2.03. The number of hydrogen-bond acceptors (Lipinski definition) is 6. The highest BCUT2D eigenvalue weighted by atomic mass is 32.2. The molecule has 128 valence electrons. The smallest absolute Gasteiger partial charge is 0.240 e. The van der Waals surface area contributed by atoms with E-state index in [1.165, 1.54) is 0 Å². The lowest BCUT2D eigenvalue weighted by Gasteiger charge is -2.12. The SMILES string of the molecule is O=S(=O)(NC[C@H]1CCCO1)c1ccc(CNc2ncccn2)cc1. The summed E-state index contributed by atoms with van der Waals surface area (Å²) >= 11 is 0. The van der Waals surface area contributed by atoms with Crippen molar-refractivity contribution in [2.75, 3.05) is 18.5 Å². The molecule has 1 fully saturated rings. The summed E-state index contributed by atoms with van der Waals surface area (Å²) in [5, 5.41) is 3.08. The average Bonchev–Trinajstić information content (AvgIpc) is 3.13. The van der Waals surface area contributed by atoms with E-state index in [0.29, 0.717) is 25.6 Å². The van der Waals surface area contributed by atoms with Gasteiger partial charge in [-0.3, -0.25) is 0 Å². The van der Waals surface area contributed by atoms with E-state index in [1.807, 2.05) is 0 Å². The number of hydrogen-bond donors (Lipinski definition) is 2. The highest BCUT2D eigenvalue weighted by Crippen LogP contribution is 2.14. The second kappa shape index (κ2) is 7.69. The third-order valence-electron chi connectivity index (χ3n) is 3.78. The van der Waals surface area contributed by atoms with Gasteiger partial charge in [-0.1, -0.05) is 12.1 Å². The first-order valence-electron chi connectivity index (χ1n) is 7.84. The van der Waals surface area contributed by atoms with Crippen LogP contribution >= 0.6 is 0 Å². The van der Waals surface area contributed by atoms with E-state index in [0.717, 1.165) is 18.4 Å². The summed E-state index contributed by atoms with van der Waals surface area (Å²) < 4.78 is 32.6. The fourth-order valence-corrected chi connectivity index (χ4v) is 3.52. The normalized spacial score (nSPS) is 17.8. The van der Waals surface area contributed by atoms with Gasteiger partial charge in [0.15, 0.2) is 0 Å². The molecule has 0 radical (unpaired) electrons. The van der Waals surface area contributed by atoms with Gasteiger partial charge in [0.05, 0.1) is 11.0 Å². The Morgan fingerprint density at radius 3 is 2.58 bits per heavy atom. The third-order valence-corrected chi connectivity index (χ3v) is 5.21. The molecule has 0 amide bonds. The van der Waals surface area contributed by atoms with E-state index in [-0.39, 0.29) is 11.0 Å². The van der Waals surface area contributed by atoms with Crippen LogP contribution in [-0.2, 0) is 21.3 Å². The highest BCUT2D eigenvalue weighted by molar-refractivity contribution is 7.89. The molecular weight excluding hydrogens is 328 g/mol. The molecule has 2 heterocycles. The number of sulfonamides is 1. The number of ether oxygens (including phenoxy) is 1. The zero-order valence-electron chi connectivity index (χ0n) is 13.2. The molecule has 1 saturated heterocycles. The number of rotatable bonds is 7. The van der Waals surface area contributed by atoms with Crippen molar-refractivity contribution in [3.8, 4) is 0 Å². The van der Waals surface area contributed by atoms with Crippen molar-refractivity contribution >= 4 is 16.0 Å². The lowest BCUT2D eigenvalue weighted by Crippen LogP contribution is -2.31. The number of nitrogens with one attached hydrogen (secondary N) is 2. The van der Waals surface area contributed by atoms with E-state index < -0.39 is 10.0 Å². The first kappa shape index (κ1) is 16.8. The van der Waals surface area contributed by atoms with Gasteiger partial charge in [0, 0.05) is 32.1 Å². The molecule has 8 heteroatoms. The fourth-order valence-electron chi connectivity index (χ4n) is 2.45. The molecule has 24 heavy (non-hydrogen) atoms. The van der Waals surface area contributed by atoms with Crippen molar-refractivity contribution in [2.45, 2.75) is 30.4 Å². The Morgan fingerprint density at radius 2 is 1.92 bits per heavy atom. The molecule has 1 atom stereocenters. The lowest BCUT2D eigenvalue weighted by atomic mass is 10.2.